The van der Waals surface area contributed by atoms with Gasteiger partial charge in [-0.1, -0.05) is 6.92 Å². The molecule has 2 unspecified atom stereocenters. The maximum atomic E-state index is 11.6. The normalized spacial score (nSPS) is 36.6. The fourth-order valence-corrected chi connectivity index (χ4v) is 2.49. The van der Waals surface area contributed by atoms with Gasteiger partial charge in [0.05, 0.1) is 6.04 Å². The average Bonchev–Trinajstić information content (AvgIpc) is 2.12. The average molecular weight is 182 g/mol. The molecular formula is C10H18N2O. The third-order valence-corrected chi connectivity index (χ3v) is 3.51. The molecule has 13 heavy (non-hydrogen) atoms. The predicted molar refractivity (Wildman–Crippen MR) is 51.7 cm³/mol. The van der Waals surface area contributed by atoms with Gasteiger partial charge >= 0.3 is 0 Å². The van der Waals surface area contributed by atoms with Gasteiger partial charge in [-0.05, 0) is 20.0 Å². The summed E-state index contributed by atoms with van der Waals surface area (Å²) in [7, 11) is 2.10. The van der Waals surface area contributed by atoms with Crippen LogP contribution in [0, 0.1) is 0 Å². The van der Waals surface area contributed by atoms with Gasteiger partial charge in [0.2, 0.25) is 0 Å². The molecule has 0 aromatic heterocycles. The summed E-state index contributed by atoms with van der Waals surface area (Å²) in [6.07, 6.45) is 1.86. The summed E-state index contributed by atoms with van der Waals surface area (Å²) in [6.45, 7) is 5.35. The molecule has 0 amide bonds. The number of Topliss-reactive ketones (excluding diaryl/α,β-unsaturated/α-hetero) is 1. The molecule has 2 rings (SSSR count). The van der Waals surface area contributed by atoms with E-state index in [1.54, 1.807) is 0 Å². The first-order valence-corrected chi connectivity index (χ1v) is 5.19. The maximum absolute atomic E-state index is 11.6. The van der Waals surface area contributed by atoms with Crippen LogP contribution in [-0.2, 0) is 4.79 Å². The molecule has 0 aliphatic carbocycles. The first kappa shape index (κ1) is 9.16. The Hall–Kier alpha value is -0.410. The molecule has 2 heterocycles. The second-order valence-corrected chi connectivity index (χ2v) is 4.19. The SMILES string of the molecule is CCN1CC2CCC(=O)C(C1)N2C. The number of piperazine rings is 1. The van der Waals surface area contributed by atoms with Crippen molar-refractivity contribution in [3.05, 3.63) is 0 Å². The van der Waals surface area contributed by atoms with Gasteiger partial charge in [-0.15, -0.1) is 0 Å². The Balaban J connectivity index is 2.12. The number of hydrogen-bond acceptors (Lipinski definition) is 3. The van der Waals surface area contributed by atoms with Crippen LogP contribution in [0.5, 0.6) is 0 Å². The predicted octanol–water partition coefficient (Wildman–Crippen LogP) is 0.354. The van der Waals surface area contributed by atoms with Crippen LogP contribution in [0.1, 0.15) is 19.8 Å². The monoisotopic (exact) mass is 182 g/mol. The highest BCUT2D eigenvalue weighted by atomic mass is 16.1. The van der Waals surface area contributed by atoms with Gasteiger partial charge in [0, 0.05) is 25.6 Å². The number of nitrogens with zero attached hydrogens (tertiary/aromatic N) is 2. The lowest BCUT2D eigenvalue weighted by Crippen LogP contribution is -2.62. The number of rotatable bonds is 1. The highest BCUT2D eigenvalue weighted by Gasteiger charge is 2.38. The molecule has 2 aliphatic rings. The van der Waals surface area contributed by atoms with Gasteiger partial charge in [0.25, 0.3) is 0 Å². The molecule has 2 bridgehead atoms. The van der Waals surface area contributed by atoms with Crippen LogP contribution in [0.3, 0.4) is 0 Å². The Kier molecular flexibility index (Phi) is 2.39. The number of piperidine rings is 1. The van der Waals surface area contributed by atoms with Crippen LogP contribution >= 0.6 is 0 Å². The summed E-state index contributed by atoms with van der Waals surface area (Å²) in [5, 5.41) is 0. The summed E-state index contributed by atoms with van der Waals surface area (Å²) in [4.78, 5) is 16.3. The van der Waals surface area contributed by atoms with Crippen LogP contribution < -0.4 is 0 Å². The zero-order valence-corrected chi connectivity index (χ0v) is 8.49. The van der Waals surface area contributed by atoms with Gasteiger partial charge < -0.3 is 4.90 Å². The maximum Gasteiger partial charge on any atom is 0.151 e. The van der Waals surface area contributed by atoms with Crippen molar-refractivity contribution in [2.24, 2.45) is 0 Å². The third-order valence-electron chi connectivity index (χ3n) is 3.51. The van der Waals surface area contributed by atoms with Crippen LogP contribution in [0.2, 0.25) is 0 Å². The molecule has 0 aromatic rings. The molecule has 0 aromatic carbocycles. The molecule has 0 N–H and O–H groups in total. The number of hydrogen-bond donors (Lipinski definition) is 0. The minimum atomic E-state index is 0.187. The summed E-state index contributed by atoms with van der Waals surface area (Å²) >= 11 is 0. The Morgan fingerprint density at radius 1 is 1.46 bits per heavy atom. The van der Waals surface area contributed by atoms with Crippen molar-refractivity contribution >= 4 is 5.78 Å². The number of carbonyl (C=O) groups excluding carboxylic acids is 1. The molecule has 74 valence electrons. The number of fused-ring (bicyclic) bond motifs is 2. The molecule has 3 nitrogen and oxygen atoms in total. The van der Waals surface area contributed by atoms with E-state index in [-0.39, 0.29) is 6.04 Å². The Bertz CT molecular complexity index is 217. The van der Waals surface area contributed by atoms with Crippen molar-refractivity contribution in [2.75, 3.05) is 26.7 Å². The van der Waals surface area contributed by atoms with E-state index in [1.807, 2.05) is 0 Å². The van der Waals surface area contributed by atoms with Gasteiger partial charge in [-0.3, -0.25) is 9.69 Å². The van der Waals surface area contributed by atoms with E-state index in [0.29, 0.717) is 11.8 Å². The topological polar surface area (TPSA) is 23.6 Å². The Morgan fingerprint density at radius 3 is 2.92 bits per heavy atom. The number of likely N-dealkylation sites (N-methyl/N-ethyl adjacent to an activating group) is 2. The first-order chi connectivity index (χ1) is 6.22. The standard InChI is InChI=1S/C10H18N2O/c1-3-12-6-8-4-5-10(13)9(7-12)11(8)2/h8-9H,3-7H2,1-2H3. The van der Waals surface area contributed by atoms with Gasteiger partial charge in [-0.2, -0.15) is 0 Å². The Labute approximate surface area is 79.7 Å². The molecule has 2 fully saturated rings. The van der Waals surface area contributed by atoms with Crippen molar-refractivity contribution in [3.63, 3.8) is 0 Å². The number of carbonyl (C=O) groups is 1. The lowest BCUT2D eigenvalue weighted by molar-refractivity contribution is -0.132. The second-order valence-electron chi connectivity index (χ2n) is 4.19. The van der Waals surface area contributed by atoms with Gasteiger partial charge in [0.15, 0.2) is 5.78 Å². The number of likely N-dealkylation sites (tertiary alicyclic amines) is 1. The van der Waals surface area contributed by atoms with Crippen molar-refractivity contribution in [1.82, 2.24) is 9.80 Å². The Morgan fingerprint density at radius 2 is 2.23 bits per heavy atom. The summed E-state index contributed by atoms with van der Waals surface area (Å²) in [5.74, 6) is 0.442. The molecular weight excluding hydrogens is 164 g/mol. The van der Waals surface area contributed by atoms with E-state index < -0.39 is 0 Å². The molecule has 2 aliphatic heterocycles. The molecule has 0 spiro atoms. The smallest absolute Gasteiger partial charge is 0.151 e. The molecule has 3 heteroatoms. The summed E-state index contributed by atoms with van der Waals surface area (Å²) in [5.41, 5.74) is 0. The minimum Gasteiger partial charge on any atom is -0.300 e. The zero-order valence-electron chi connectivity index (χ0n) is 8.49. The first-order valence-electron chi connectivity index (χ1n) is 5.19. The lowest BCUT2D eigenvalue weighted by atomic mass is 9.91. The van der Waals surface area contributed by atoms with E-state index in [4.69, 9.17) is 0 Å². The minimum absolute atomic E-state index is 0.187. The van der Waals surface area contributed by atoms with Crippen molar-refractivity contribution in [3.8, 4) is 0 Å². The third kappa shape index (κ3) is 1.51. The molecule has 2 atom stereocenters. The quantitative estimate of drug-likeness (QED) is 0.585. The van der Waals surface area contributed by atoms with E-state index >= 15 is 0 Å². The summed E-state index contributed by atoms with van der Waals surface area (Å²) < 4.78 is 0. The lowest BCUT2D eigenvalue weighted by Gasteiger charge is -2.47. The van der Waals surface area contributed by atoms with Gasteiger partial charge in [0.1, 0.15) is 0 Å². The highest BCUT2D eigenvalue weighted by molar-refractivity contribution is 5.85. The van der Waals surface area contributed by atoms with Crippen LogP contribution in [0.15, 0.2) is 0 Å². The van der Waals surface area contributed by atoms with E-state index in [0.717, 1.165) is 32.5 Å². The van der Waals surface area contributed by atoms with Crippen LogP contribution in [0.4, 0.5) is 0 Å². The van der Waals surface area contributed by atoms with Gasteiger partial charge in [-0.25, -0.2) is 0 Å². The van der Waals surface area contributed by atoms with Crippen LogP contribution in [-0.4, -0.2) is 54.3 Å². The van der Waals surface area contributed by atoms with Crippen molar-refractivity contribution in [2.45, 2.75) is 31.8 Å². The highest BCUT2D eigenvalue weighted by Crippen LogP contribution is 2.24. The second kappa shape index (κ2) is 3.39. The molecule has 2 saturated heterocycles. The fraction of sp³-hybridized carbons (Fsp3) is 0.900. The van der Waals surface area contributed by atoms with Crippen LogP contribution in [0.25, 0.3) is 0 Å². The summed E-state index contributed by atoms with van der Waals surface area (Å²) in [6, 6.07) is 0.809. The van der Waals surface area contributed by atoms with E-state index in [1.165, 1.54) is 0 Å². The van der Waals surface area contributed by atoms with Crippen molar-refractivity contribution < 1.29 is 4.79 Å². The fourth-order valence-electron chi connectivity index (χ4n) is 2.49. The largest absolute Gasteiger partial charge is 0.300 e. The van der Waals surface area contributed by atoms with E-state index in [9.17, 15) is 4.79 Å². The number of ketones is 1. The van der Waals surface area contributed by atoms with Crippen molar-refractivity contribution in [1.29, 1.82) is 0 Å². The molecule has 0 saturated carbocycles. The van der Waals surface area contributed by atoms with E-state index in [2.05, 4.69) is 23.8 Å². The zero-order chi connectivity index (χ0) is 9.42. The molecule has 0 radical (unpaired) electrons.